The van der Waals surface area contributed by atoms with Crippen molar-refractivity contribution in [3.63, 3.8) is 0 Å². The van der Waals surface area contributed by atoms with Gasteiger partial charge in [-0.1, -0.05) is 0 Å². The van der Waals surface area contributed by atoms with E-state index in [1.807, 2.05) is 0 Å². The minimum atomic E-state index is -5.17. The van der Waals surface area contributed by atoms with Crippen LogP contribution in [0.4, 0.5) is 22.0 Å². The van der Waals surface area contributed by atoms with Gasteiger partial charge < -0.3 is 10.1 Å². The summed E-state index contributed by atoms with van der Waals surface area (Å²) in [5, 5.41) is 1.41. The van der Waals surface area contributed by atoms with Gasteiger partial charge in [0.1, 0.15) is 18.5 Å². The largest absolute Gasteiger partial charge is 0.487 e. The lowest BCUT2D eigenvalue weighted by Crippen LogP contribution is -2.51. The molecular formula is C11H6F5NO3. The molecule has 0 aliphatic carbocycles. The molecule has 20 heavy (non-hydrogen) atoms. The van der Waals surface area contributed by atoms with E-state index in [1.165, 1.54) is 5.32 Å². The first-order valence-corrected chi connectivity index (χ1v) is 5.24. The highest BCUT2D eigenvalue weighted by Crippen LogP contribution is 2.29. The molecule has 1 amide bonds. The normalized spacial score (nSPS) is 18.2. The number of hydrogen-bond acceptors (Lipinski definition) is 3. The van der Waals surface area contributed by atoms with E-state index in [2.05, 4.69) is 0 Å². The third-order valence-corrected chi connectivity index (χ3v) is 2.55. The molecule has 0 saturated heterocycles. The molecule has 2 rings (SSSR count). The lowest BCUT2D eigenvalue weighted by atomic mass is 10.0. The fraction of sp³-hybridized carbons (Fsp3) is 0.273. The molecule has 0 spiro atoms. The number of carbonyl (C=O) groups excluding carboxylic acids is 2. The van der Waals surface area contributed by atoms with Gasteiger partial charge in [-0.05, 0) is 6.07 Å². The van der Waals surface area contributed by atoms with Gasteiger partial charge in [0.25, 0.3) is 0 Å². The number of alkyl halides is 3. The van der Waals surface area contributed by atoms with Crippen LogP contribution in [-0.4, -0.2) is 30.5 Å². The molecule has 0 aromatic heterocycles. The zero-order chi connectivity index (χ0) is 15.1. The summed E-state index contributed by atoms with van der Waals surface area (Å²) in [6.07, 6.45) is -5.17. The van der Waals surface area contributed by atoms with Gasteiger partial charge in [-0.3, -0.25) is 9.59 Å². The summed E-state index contributed by atoms with van der Waals surface area (Å²) < 4.78 is 67.3. The van der Waals surface area contributed by atoms with Crippen LogP contribution in [0.25, 0.3) is 0 Å². The molecule has 0 unspecified atom stereocenters. The molecule has 1 aliphatic heterocycles. The molecule has 1 atom stereocenters. The SMILES string of the molecule is O=C1c2cc(F)cc(F)c2OC[C@@H]1NC(=O)C(F)(F)F. The Morgan fingerprint density at radius 1 is 1.30 bits per heavy atom. The topological polar surface area (TPSA) is 55.4 Å². The van der Waals surface area contributed by atoms with E-state index in [0.29, 0.717) is 12.1 Å². The monoisotopic (exact) mass is 295 g/mol. The van der Waals surface area contributed by atoms with Crippen LogP contribution in [0.3, 0.4) is 0 Å². The van der Waals surface area contributed by atoms with Crippen molar-refractivity contribution in [2.24, 2.45) is 0 Å². The predicted molar refractivity (Wildman–Crippen MR) is 54.2 cm³/mol. The van der Waals surface area contributed by atoms with Crippen molar-refractivity contribution >= 4 is 11.7 Å². The number of Topliss-reactive ketones (excluding diaryl/α,β-unsaturated/α-hetero) is 1. The Bertz CT molecular complexity index is 584. The molecule has 1 aromatic rings. The predicted octanol–water partition coefficient (Wildman–Crippen LogP) is 1.59. The number of fused-ring (bicyclic) bond motifs is 1. The van der Waals surface area contributed by atoms with Crippen molar-refractivity contribution in [3.8, 4) is 5.75 Å². The molecule has 0 radical (unpaired) electrons. The third kappa shape index (κ3) is 2.56. The lowest BCUT2D eigenvalue weighted by Gasteiger charge is -2.25. The second kappa shape index (κ2) is 4.73. The van der Waals surface area contributed by atoms with E-state index in [0.717, 1.165) is 0 Å². The molecule has 0 saturated carbocycles. The maximum Gasteiger partial charge on any atom is 0.471 e. The smallest absolute Gasteiger partial charge is 0.471 e. The summed E-state index contributed by atoms with van der Waals surface area (Å²) >= 11 is 0. The zero-order valence-corrected chi connectivity index (χ0v) is 9.55. The summed E-state index contributed by atoms with van der Waals surface area (Å²) in [6.45, 7) is -0.670. The van der Waals surface area contributed by atoms with Crippen LogP contribution >= 0.6 is 0 Å². The van der Waals surface area contributed by atoms with Crippen LogP contribution in [-0.2, 0) is 4.79 Å². The fourth-order valence-electron chi connectivity index (χ4n) is 1.67. The van der Waals surface area contributed by atoms with E-state index in [-0.39, 0.29) is 0 Å². The number of rotatable bonds is 1. The van der Waals surface area contributed by atoms with Gasteiger partial charge in [0.15, 0.2) is 17.3 Å². The van der Waals surface area contributed by atoms with E-state index in [9.17, 15) is 31.5 Å². The highest BCUT2D eigenvalue weighted by atomic mass is 19.4. The molecule has 1 aliphatic rings. The number of benzene rings is 1. The van der Waals surface area contributed by atoms with Crippen LogP contribution in [0.2, 0.25) is 0 Å². The summed E-state index contributed by atoms with van der Waals surface area (Å²) in [4.78, 5) is 22.5. The van der Waals surface area contributed by atoms with Crippen molar-refractivity contribution in [1.82, 2.24) is 5.32 Å². The van der Waals surface area contributed by atoms with Crippen LogP contribution in [0, 0.1) is 11.6 Å². The quantitative estimate of drug-likeness (QED) is 0.800. The molecule has 1 N–H and O–H groups in total. The first-order valence-electron chi connectivity index (χ1n) is 5.24. The summed E-state index contributed by atoms with van der Waals surface area (Å²) in [5.41, 5.74) is -0.554. The standard InChI is InChI=1S/C11H6F5NO3/c12-4-1-5-8(18)7(17-10(19)11(14,15)16)3-20-9(5)6(13)2-4/h1-2,7H,3H2,(H,17,19)/t7-/m0/s1. The molecule has 9 heteroatoms. The Balaban J connectivity index is 2.26. The Morgan fingerprint density at radius 2 is 1.95 bits per heavy atom. The average molecular weight is 295 g/mol. The number of hydrogen-bond donors (Lipinski definition) is 1. The zero-order valence-electron chi connectivity index (χ0n) is 9.55. The summed E-state index contributed by atoms with van der Waals surface area (Å²) in [6, 6.07) is -0.550. The Hall–Kier alpha value is -2.19. The first-order chi connectivity index (χ1) is 9.20. The van der Waals surface area contributed by atoms with Crippen molar-refractivity contribution in [3.05, 3.63) is 29.3 Å². The third-order valence-electron chi connectivity index (χ3n) is 2.55. The summed E-state index contributed by atoms with van der Waals surface area (Å²) in [5.74, 6) is -6.16. The van der Waals surface area contributed by atoms with Crippen molar-refractivity contribution < 1.29 is 36.3 Å². The van der Waals surface area contributed by atoms with Gasteiger partial charge in [-0.15, -0.1) is 0 Å². The van der Waals surface area contributed by atoms with E-state index in [1.54, 1.807) is 0 Å². The molecular weight excluding hydrogens is 289 g/mol. The number of carbonyl (C=O) groups is 2. The van der Waals surface area contributed by atoms with Gasteiger partial charge in [0.2, 0.25) is 0 Å². The molecule has 108 valence electrons. The van der Waals surface area contributed by atoms with Crippen molar-refractivity contribution in [1.29, 1.82) is 0 Å². The number of halogens is 5. The number of nitrogens with one attached hydrogen (secondary N) is 1. The summed E-state index contributed by atoms with van der Waals surface area (Å²) in [7, 11) is 0. The average Bonchev–Trinajstić information content (AvgIpc) is 2.32. The maximum absolute atomic E-state index is 13.3. The Kier molecular flexibility index (Phi) is 3.36. The van der Waals surface area contributed by atoms with E-state index >= 15 is 0 Å². The van der Waals surface area contributed by atoms with Crippen LogP contribution in [0.5, 0.6) is 5.75 Å². The highest BCUT2D eigenvalue weighted by molar-refractivity contribution is 6.05. The van der Waals surface area contributed by atoms with E-state index < -0.39 is 53.5 Å². The van der Waals surface area contributed by atoms with Crippen LogP contribution in [0.15, 0.2) is 12.1 Å². The lowest BCUT2D eigenvalue weighted by molar-refractivity contribution is -0.174. The molecule has 0 bridgehead atoms. The van der Waals surface area contributed by atoms with E-state index in [4.69, 9.17) is 4.74 Å². The van der Waals surface area contributed by atoms with Gasteiger partial charge >= 0.3 is 12.1 Å². The van der Waals surface area contributed by atoms with Gasteiger partial charge in [0, 0.05) is 6.07 Å². The van der Waals surface area contributed by atoms with Crippen LogP contribution in [0.1, 0.15) is 10.4 Å². The van der Waals surface area contributed by atoms with Crippen molar-refractivity contribution in [2.45, 2.75) is 12.2 Å². The maximum atomic E-state index is 13.3. The minimum Gasteiger partial charge on any atom is -0.487 e. The van der Waals surface area contributed by atoms with Gasteiger partial charge in [-0.25, -0.2) is 8.78 Å². The van der Waals surface area contributed by atoms with Crippen LogP contribution < -0.4 is 10.1 Å². The number of amides is 1. The van der Waals surface area contributed by atoms with Crippen molar-refractivity contribution in [2.75, 3.05) is 6.61 Å². The second-order valence-corrected chi connectivity index (χ2v) is 3.96. The highest BCUT2D eigenvalue weighted by Gasteiger charge is 2.42. The molecule has 1 heterocycles. The number of ether oxygens (including phenoxy) is 1. The molecule has 4 nitrogen and oxygen atoms in total. The fourth-order valence-corrected chi connectivity index (χ4v) is 1.67. The molecule has 0 fully saturated rings. The minimum absolute atomic E-state index is 0.473. The Morgan fingerprint density at radius 3 is 2.55 bits per heavy atom. The number of ketones is 1. The molecule has 1 aromatic carbocycles. The first kappa shape index (κ1) is 14.2. The van der Waals surface area contributed by atoms with Gasteiger partial charge in [-0.2, -0.15) is 13.2 Å². The second-order valence-electron chi connectivity index (χ2n) is 3.96. The van der Waals surface area contributed by atoms with Gasteiger partial charge in [0.05, 0.1) is 5.56 Å². The Labute approximate surface area is 108 Å².